The van der Waals surface area contributed by atoms with Crippen molar-refractivity contribution in [3.05, 3.63) is 81.1 Å². The van der Waals surface area contributed by atoms with Gasteiger partial charge in [-0.05, 0) is 18.9 Å². The highest BCUT2D eigenvalue weighted by molar-refractivity contribution is 5.16. The number of aliphatic hydroxyl groups excluding tert-OH is 2. The molecule has 0 aliphatic carbocycles. The van der Waals surface area contributed by atoms with Gasteiger partial charge in [-0.3, -0.25) is 14.3 Å². The van der Waals surface area contributed by atoms with Gasteiger partial charge in [0, 0.05) is 18.2 Å². The van der Waals surface area contributed by atoms with Gasteiger partial charge in [0.15, 0.2) is 0 Å². The molecule has 1 aromatic carbocycles. The van der Waals surface area contributed by atoms with Crippen LogP contribution in [0.4, 0.5) is 0 Å². The highest BCUT2D eigenvalue weighted by Crippen LogP contribution is 2.48. The highest BCUT2D eigenvalue weighted by Gasteiger charge is 2.60. The van der Waals surface area contributed by atoms with E-state index in [-0.39, 0.29) is 19.4 Å². The maximum atomic E-state index is 12.4. The van der Waals surface area contributed by atoms with E-state index < -0.39 is 41.9 Å². The zero-order chi connectivity index (χ0) is 21.1. The van der Waals surface area contributed by atoms with E-state index in [0.29, 0.717) is 5.56 Å². The van der Waals surface area contributed by atoms with Crippen molar-refractivity contribution in [3.8, 4) is 0 Å². The first-order chi connectivity index (χ1) is 13.9. The van der Waals surface area contributed by atoms with Crippen LogP contribution in [0.25, 0.3) is 0 Å². The molecule has 1 fully saturated rings. The second-order valence-corrected chi connectivity index (χ2v) is 7.33. The van der Waals surface area contributed by atoms with Crippen LogP contribution in [0.1, 0.15) is 30.2 Å². The summed E-state index contributed by atoms with van der Waals surface area (Å²) in [6, 6.07) is 9.49. The summed E-state index contributed by atoms with van der Waals surface area (Å²) in [6.45, 7) is 4.57. The minimum atomic E-state index is -1.45. The standard InChI is InChI=1S/C21H26N2O6/c1-3-9-20(28-12-16-7-5-4-6-8-16)10-17(29-21(20,13-24)14-25)23-11-15(2)18(26)22-19(23)27/h3-8,11,17,24-25H,1,9-10,12-14H2,2H3,(H,22,26,27)/t17-,20-/m1/s1. The van der Waals surface area contributed by atoms with Crippen molar-refractivity contribution in [2.75, 3.05) is 13.2 Å². The molecule has 1 aliphatic heterocycles. The van der Waals surface area contributed by atoms with Crippen LogP contribution in [-0.4, -0.2) is 44.2 Å². The van der Waals surface area contributed by atoms with Gasteiger partial charge in [0.1, 0.15) is 17.4 Å². The lowest BCUT2D eigenvalue weighted by molar-refractivity contribution is -0.205. The molecule has 1 saturated heterocycles. The molecule has 2 atom stereocenters. The zero-order valence-corrected chi connectivity index (χ0v) is 16.3. The first-order valence-electron chi connectivity index (χ1n) is 9.41. The molecule has 8 nitrogen and oxygen atoms in total. The average molecular weight is 402 g/mol. The Hall–Kier alpha value is -2.52. The topological polar surface area (TPSA) is 114 Å². The molecule has 3 N–H and O–H groups in total. The van der Waals surface area contributed by atoms with Crippen LogP contribution in [0, 0.1) is 6.92 Å². The van der Waals surface area contributed by atoms with Crippen molar-refractivity contribution >= 4 is 0 Å². The van der Waals surface area contributed by atoms with E-state index in [9.17, 15) is 19.8 Å². The normalized spacial score (nSPS) is 23.2. The van der Waals surface area contributed by atoms with Gasteiger partial charge in [-0.2, -0.15) is 0 Å². The number of hydrogen-bond donors (Lipinski definition) is 3. The smallest absolute Gasteiger partial charge is 0.330 e. The molecule has 29 heavy (non-hydrogen) atoms. The molecular weight excluding hydrogens is 376 g/mol. The number of aliphatic hydroxyl groups is 2. The largest absolute Gasteiger partial charge is 0.393 e. The minimum absolute atomic E-state index is 0.179. The van der Waals surface area contributed by atoms with Crippen molar-refractivity contribution in [1.82, 2.24) is 9.55 Å². The molecule has 0 saturated carbocycles. The number of nitrogens with zero attached hydrogens (tertiary/aromatic N) is 1. The van der Waals surface area contributed by atoms with E-state index in [0.717, 1.165) is 5.56 Å². The third kappa shape index (κ3) is 3.84. The van der Waals surface area contributed by atoms with Gasteiger partial charge >= 0.3 is 5.69 Å². The summed E-state index contributed by atoms with van der Waals surface area (Å²) >= 11 is 0. The van der Waals surface area contributed by atoms with Crippen molar-refractivity contribution in [1.29, 1.82) is 0 Å². The van der Waals surface area contributed by atoms with Crippen molar-refractivity contribution < 1.29 is 19.7 Å². The van der Waals surface area contributed by atoms with Crippen LogP contribution in [0.15, 0.2) is 58.8 Å². The number of H-pyrrole nitrogens is 1. The molecule has 8 heteroatoms. The Morgan fingerprint density at radius 3 is 2.62 bits per heavy atom. The number of benzene rings is 1. The van der Waals surface area contributed by atoms with Crippen LogP contribution in [-0.2, 0) is 16.1 Å². The van der Waals surface area contributed by atoms with Gasteiger partial charge in [-0.25, -0.2) is 4.79 Å². The summed E-state index contributed by atoms with van der Waals surface area (Å²) in [5.41, 5.74) is -2.42. The van der Waals surface area contributed by atoms with Gasteiger partial charge in [-0.15, -0.1) is 6.58 Å². The first kappa shape index (κ1) is 21.2. The lowest BCUT2D eigenvalue weighted by Gasteiger charge is -2.41. The van der Waals surface area contributed by atoms with Crippen LogP contribution >= 0.6 is 0 Å². The van der Waals surface area contributed by atoms with Crippen molar-refractivity contribution in [2.45, 2.75) is 43.8 Å². The average Bonchev–Trinajstić information content (AvgIpc) is 3.05. The fraction of sp³-hybridized carbons (Fsp3) is 0.429. The van der Waals surface area contributed by atoms with Crippen LogP contribution in [0.3, 0.4) is 0 Å². The molecule has 0 spiro atoms. The van der Waals surface area contributed by atoms with Gasteiger partial charge < -0.3 is 19.7 Å². The van der Waals surface area contributed by atoms with Crippen LogP contribution in [0.2, 0.25) is 0 Å². The third-order valence-electron chi connectivity index (χ3n) is 5.50. The number of hydrogen-bond acceptors (Lipinski definition) is 6. The fourth-order valence-corrected chi connectivity index (χ4v) is 3.79. The van der Waals surface area contributed by atoms with E-state index in [1.54, 1.807) is 13.0 Å². The Kier molecular flexibility index (Phi) is 6.18. The molecule has 0 unspecified atom stereocenters. The second kappa shape index (κ2) is 8.46. The maximum absolute atomic E-state index is 12.4. The highest BCUT2D eigenvalue weighted by atomic mass is 16.6. The summed E-state index contributed by atoms with van der Waals surface area (Å²) in [6.07, 6.45) is 2.67. The van der Waals surface area contributed by atoms with E-state index in [1.165, 1.54) is 10.8 Å². The first-order valence-corrected chi connectivity index (χ1v) is 9.41. The molecule has 2 aromatic rings. The van der Waals surface area contributed by atoms with Gasteiger partial charge in [-0.1, -0.05) is 36.4 Å². The Bertz CT molecular complexity index is 963. The number of ether oxygens (including phenoxy) is 2. The molecule has 1 aliphatic rings. The maximum Gasteiger partial charge on any atom is 0.330 e. The van der Waals surface area contributed by atoms with Gasteiger partial charge in [0.25, 0.3) is 5.56 Å². The molecule has 0 amide bonds. The Morgan fingerprint density at radius 1 is 1.31 bits per heavy atom. The molecule has 1 aromatic heterocycles. The number of aryl methyl sites for hydroxylation is 1. The Labute approximate surface area is 168 Å². The monoisotopic (exact) mass is 402 g/mol. The van der Waals surface area contributed by atoms with Crippen molar-refractivity contribution in [3.63, 3.8) is 0 Å². The predicted molar refractivity (Wildman–Crippen MR) is 106 cm³/mol. The number of aromatic amines is 1. The predicted octanol–water partition coefficient (Wildman–Crippen LogP) is 1.02. The van der Waals surface area contributed by atoms with Crippen LogP contribution in [0.5, 0.6) is 0 Å². The molecule has 2 heterocycles. The number of rotatable bonds is 8. The number of aromatic nitrogens is 2. The molecular formula is C21H26N2O6. The fourth-order valence-electron chi connectivity index (χ4n) is 3.79. The van der Waals surface area contributed by atoms with Gasteiger partial charge in [0.2, 0.25) is 0 Å². The van der Waals surface area contributed by atoms with Crippen molar-refractivity contribution in [2.24, 2.45) is 0 Å². The Balaban J connectivity index is 2.01. The van der Waals surface area contributed by atoms with Crippen LogP contribution < -0.4 is 11.2 Å². The molecule has 0 radical (unpaired) electrons. The molecule has 156 valence electrons. The lowest BCUT2D eigenvalue weighted by atomic mass is 9.80. The Morgan fingerprint density at radius 2 is 2.00 bits per heavy atom. The summed E-state index contributed by atoms with van der Waals surface area (Å²) in [5, 5.41) is 20.3. The quantitative estimate of drug-likeness (QED) is 0.568. The SMILES string of the molecule is C=CC[C@@]1(OCc2ccccc2)C[C@H](n2cc(C)c(=O)[nH]c2=O)OC1(CO)CO. The van der Waals surface area contributed by atoms with E-state index in [4.69, 9.17) is 9.47 Å². The lowest BCUT2D eigenvalue weighted by Crippen LogP contribution is -2.57. The van der Waals surface area contributed by atoms with E-state index in [2.05, 4.69) is 11.6 Å². The summed E-state index contributed by atoms with van der Waals surface area (Å²) in [4.78, 5) is 26.3. The molecule has 0 bridgehead atoms. The minimum Gasteiger partial charge on any atom is -0.393 e. The third-order valence-corrected chi connectivity index (χ3v) is 5.50. The summed E-state index contributed by atoms with van der Waals surface area (Å²) in [7, 11) is 0. The molecule has 3 rings (SSSR count). The zero-order valence-electron chi connectivity index (χ0n) is 16.3. The van der Waals surface area contributed by atoms with E-state index >= 15 is 0 Å². The second-order valence-electron chi connectivity index (χ2n) is 7.33. The summed E-state index contributed by atoms with van der Waals surface area (Å²) < 4.78 is 13.5. The van der Waals surface area contributed by atoms with E-state index in [1.807, 2.05) is 30.3 Å². The number of nitrogens with one attached hydrogen (secondary N) is 1. The van der Waals surface area contributed by atoms with Gasteiger partial charge in [0.05, 0.1) is 19.8 Å². The summed E-state index contributed by atoms with van der Waals surface area (Å²) in [5.74, 6) is 0.